The summed E-state index contributed by atoms with van der Waals surface area (Å²) in [5, 5.41) is 0. The highest BCUT2D eigenvalue weighted by Crippen LogP contribution is 2.22. The van der Waals surface area contributed by atoms with Crippen LogP contribution in [0, 0.1) is 0 Å². The molecule has 0 bridgehead atoms. The number of carbonyl (C=O) groups is 1. The van der Waals surface area contributed by atoms with Crippen LogP contribution in [0.2, 0.25) is 0 Å². The maximum absolute atomic E-state index is 11.6. The molecule has 86 valence electrons. The molecule has 0 saturated carbocycles. The molecule has 1 unspecified atom stereocenters. The van der Waals surface area contributed by atoms with Gasteiger partial charge in [-0.3, -0.25) is 9.88 Å². The lowest BCUT2D eigenvalue weighted by atomic mass is 10.1. The standard InChI is InChI=1S/C11H15N3O2/c1-11(7-12)8-14(10(15)16-11)6-9-4-2-3-5-13-9/h2-5H,6-8,12H2,1H3. The van der Waals surface area contributed by atoms with Crippen molar-refractivity contribution in [1.82, 2.24) is 9.88 Å². The number of nitrogens with two attached hydrogens (primary N) is 1. The molecular formula is C11H15N3O2. The summed E-state index contributed by atoms with van der Waals surface area (Å²) in [7, 11) is 0. The SMILES string of the molecule is CC1(CN)CN(Cc2ccccn2)C(=O)O1. The highest BCUT2D eigenvalue weighted by atomic mass is 16.6. The van der Waals surface area contributed by atoms with Crippen molar-refractivity contribution >= 4 is 6.09 Å². The first-order valence-corrected chi connectivity index (χ1v) is 5.21. The zero-order valence-corrected chi connectivity index (χ0v) is 9.22. The Morgan fingerprint density at radius 2 is 2.44 bits per heavy atom. The zero-order chi connectivity index (χ0) is 11.6. The molecule has 2 rings (SSSR count). The number of ether oxygens (including phenoxy) is 1. The Morgan fingerprint density at radius 1 is 1.62 bits per heavy atom. The van der Waals surface area contributed by atoms with E-state index in [0.29, 0.717) is 19.6 Å². The Labute approximate surface area is 94.2 Å². The van der Waals surface area contributed by atoms with E-state index in [4.69, 9.17) is 10.5 Å². The predicted molar refractivity (Wildman–Crippen MR) is 58.6 cm³/mol. The van der Waals surface area contributed by atoms with E-state index in [1.807, 2.05) is 25.1 Å². The van der Waals surface area contributed by atoms with E-state index in [2.05, 4.69) is 4.98 Å². The van der Waals surface area contributed by atoms with Crippen molar-refractivity contribution in [3.05, 3.63) is 30.1 Å². The molecule has 1 aliphatic heterocycles. The number of cyclic esters (lactones) is 1. The number of hydrogen-bond donors (Lipinski definition) is 1. The molecule has 0 radical (unpaired) electrons. The predicted octanol–water partition coefficient (Wildman–Crippen LogP) is 0.751. The van der Waals surface area contributed by atoms with E-state index in [0.717, 1.165) is 5.69 Å². The van der Waals surface area contributed by atoms with E-state index < -0.39 is 5.60 Å². The van der Waals surface area contributed by atoms with E-state index in [-0.39, 0.29) is 6.09 Å². The molecular weight excluding hydrogens is 206 g/mol. The van der Waals surface area contributed by atoms with Crippen LogP contribution in [0.5, 0.6) is 0 Å². The Hall–Kier alpha value is -1.62. The number of aromatic nitrogens is 1. The molecule has 1 atom stereocenters. The van der Waals surface area contributed by atoms with Crippen LogP contribution < -0.4 is 5.73 Å². The number of pyridine rings is 1. The van der Waals surface area contributed by atoms with Gasteiger partial charge < -0.3 is 10.5 Å². The molecule has 16 heavy (non-hydrogen) atoms. The van der Waals surface area contributed by atoms with Gasteiger partial charge in [-0.2, -0.15) is 0 Å². The Bertz CT molecular complexity index is 382. The molecule has 5 nitrogen and oxygen atoms in total. The van der Waals surface area contributed by atoms with Crippen LogP contribution in [-0.4, -0.2) is 34.7 Å². The lowest BCUT2D eigenvalue weighted by Crippen LogP contribution is -2.38. The molecule has 0 aliphatic carbocycles. The Kier molecular flexibility index (Phi) is 2.78. The number of rotatable bonds is 3. The maximum Gasteiger partial charge on any atom is 0.410 e. The van der Waals surface area contributed by atoms with Crippen LogP contribution in [0.4, 0.5) is 4.79 Å². The first-order valence-electron chi connectivity index (χ1n) is 5.21. The second-order valence-corrected chi connectivity index (χ2v) is 4.20. The molecule has 1 aliphatic rings. The molecule has 0 spiro atoms. The molecule has 1 amide bonds. The highest BCUT2D eigenvalue weighted by molar-refractivity contribution is 5.70. The van der Waals surface area contributed by atoms with E-state index in [9.17, 15) is 4.79 Å². The fourth-order valence-corrected chi connectivity index (χ4v) is 1.69. The molecule has 1 aromatic rings. The van der Waals surface area contributed by atoms with Crippen molar-refractivity contribution in [2.45, 2.75) is 19.1 Å². The molecule has 0 aromatic carbocycles. The smallest absolute Gasteiger partial charge is 0.410 e. The van der Waals surface area contributed by atoms with Crippen LogP contribution >= 0.6 is 0 Å². The average Bonchev–Trinajstić information content (AvgIpc) is 2.57. The summed E-state index contributed by atoms with van der Waals surface area (Å²) in [6, 6.07) is 5.62. The van der Waals surface area contributed by atoms with Crippen molar-refractivity contribution in [1.29, 1.82) is 0 Å². The second-order valence-electron chi connectivity index (χ2n) is 4.20. The normalized spacial score (nSPS) is 24.6. The van der Waals surface area contributed by atoms with Gasteiger partial charge in [0.1, 0.15) is 5.60 Å². The van der Waals surface area contributed by atoms with Gasteiger partial charge in [0, 0.05) is 12.7 Å². The average molecular weight is 221 g/mol. The van der Waals surface area contributed by atoms with Gasteiger partial charge in [-0.05, 0) is 19.1 Å². The van der Waals surface area contributed by atoms with Crippen molar-refractivity contribution in [3.8, 4) is 0 Å². The number of carbonyl (C=O) groups excluding carboxylic acids is 1. The Morgan fingerprint density at radius 3 is 3.00 bits per heavy atom. The molecule has 2 N–H and O–H groups in total. The summed E-state index contributed by atoms with van der Waals surface area (Å²) in [5.41, 5.74) is 5.85. The van der Waals surface area contributed by atoms with Crippen LogP contribution in [0.1, 0.15) is 12.6 Å². The second kappa shape index (κ2) is 4.09. The third kappa shape index (κ3) is 2.14. The van der Waals surface area contributed by atoms with Gasteiger partial charge in [0.2, 0.25) is 0 Å². The minimum atomic E-state index is -0.564. The summed E-state index contributed by atoms with van der Waals surface area (Å²) in [4.78, 5) is 17.4. The minimum Gasteiger partial charge on any atom is -0.440 e. The molecule has 5 heteroatoms. The topological polar surface area (TPSA) is 68.5 Å². The van der Waals surface area contributed by atoms with Crippen LogP contribution in [0.3, 0.4) is 0 Å². The summed E-state index contributed by atoms with van der Waals surface area (Å²) in [5.74, 6) is 0. The summed E-state index contributed by atoms with van der Waals surface area (Å²) < 4.78 is 5.22. The zero-order valence-electron chi connectivity index (χ0n) is 9.22. The fraction of sp³-hybridized carbons (Fsp3) is 0.455. The third-order valence-corrected chi connectivity index (χ3v) is 2.63. The van der Waals surface area contributed by atoms with Gasteiger partial charge >= 0.3 is 6.09 Å². The number of nitrogens with zero attached hydrogens (tertiary/aromatic N) is 2. The minimum absolute atomic E-state index is 0.321. The van der Waals surface area contributed by atoms with Crippen LogP contribution in [-0.2, 0) is 11.3 Å². The van der Waals surface area contributed by atoms with Gasteiger partial charge in [0.15, 0.2) is 0 Å². The molecule has 1 aromatic heterocycles. The van der Waals surface area contributed by atoms with Crippen LogP contribution in [0.15, 0.2) is 24.4 Å². The first kappa shape index (κ1) is 10.9. The van der Waals surface area contributed by atoms with Gasteiger partial charge in [-0.15, -0.1) is 0 Å². The molecule has 1 fully saturated rings. The summed E-state index contributed by atoms with van der Waals surface area (Å²) in [6.45, 7) is 3.15. The first-order chi connectivity index (χ1) is 7.63. The van der Waals surface area contributed by atoms with E-state index in [1.54, 1.807) is 11.1 Å². The van der Waals surface area contributed by atoms with Gasteiger partial charge in [-0.25, -0.2) is 4.79 Å². The van der Waals surface area contributed by atoms with Gasteiger partial charge in [0.05, 0.1) is 18.8 Å². The molecule has 1 saturated heterocycles. The lowest BCUT2D eigenvalue weighted by Gasteiger charge is -2.18. The fourth-order valence-electron chi connectivity index (χ4n) is 1.69. The van der Waals surface area contributed by atoms with Gasteiger partial charge in [0.25, 0.3) is 0 Å². The van der Waals surface area contributed by atoms with E-state index >= 15 is 0 Å². The number of amides is 1. The summed E-state index contributed by atoms with van der Waals surface area (Å²) in [6.07, 6.45) is 1.39. The highest BCUT2D eigenvalue weighted by Gasteiger charge is 2.40. The third-order valence-electron chi connectivity index (χ3n) is 2.63. The maximum atomic E-state index is 11.6. The lowest BCUT2D eigenvalue weighted by molar-refractivity contribution is 0.0781. The van der Waals surface area contributed by atoms with Crippen molar-refractivity contribution in [2.24, 2.45) is 5.73 Å². The van der Waals surface area contributed by atoms with Crippen molar-refractivity contribution in [2.75, 3.05) is 13.1 Å². The molecule has 2 heterocycles. The largest absolute Gasteiger partial charge is 0.440 e. The van der Waals surface area contributed by atoms with E-state index in [1.165, 1.54) is 0 Å². The van der Waals surface area contributed by atoms with Crippen molar-refractivity contribution < 1.29 is 9.53 Å². The van der Waals surface area contributed by atoms with Crippen molar-refractivity contribution in [3.63, 3.8) is 0 Å². The van der Waals surface area contributed by atoms with Crippen LogP contribution in [0.25, 0.3) is 0 Å². The number of hydrogen-bond acceptors (Lipinski definition) is 4. The summed E-state index contributed by atoms with van der Waals surface area (Å²) >= 11 is 0. The Balaban J connectivity index is 2.05. The van der Waals surface area contributed by atoms with Gasteiger partial charge in [-0.1, -0.05) is 6.07 Å². The monoisotopic (exact) mass is 221 g/mol. The quantitative estimate of drug-likeness (QED) is 0.817.